The Balaban J connectivity index is 2.10. The minimum absolute atomic E-state index is 0.0537. The first-order chi connectivity index (χ1) is 10.1. The lowest BCUT2D eigenvalue weighted by molar-refractivity contribution is -0.117. The summed E-state index contributed by atoms with van der Waals surface area (Å²) in [6, 6.07) is 15.0. The molecule has 2 aromatic carbocycles. The second kappa shape index (κ2) is 5.91. The summed E-state index contributed by atoms with van der Waals surface area (Å²) in [6.45, 7) is 1.91. The highest BCUT2D eigenvalue weighted by Crippen LogP contribution is 2.48. The van der Waals surface area contributed by atoms with Gasteiger partial charge in [-0.25, -0.2) is 0 Å². The van der Waals surface area contributed by atoms with Crippen molar-refractivity contribution in [3.8, 4) is 0 Å². The molecule has 3 rings (SSSR count). The number of carbonyl (C=O) groups excluding carboxylic acids is 1. The molecule has 1 aliphatic heterocycles. The maximum absolute atomic E-state index is 12.6. The quantitative estimate of drug-likeness (QED) is 0.754. The molecule has 1 heterocycles. The first-order valence-electron chi connectivity index (χ1n) is 6.57. The van der Waals surface area contributed by atoms with Crippen LogP contribution >= 0.6 is 35.0 Å². The Morgan fingerprint density at radius 1 is 1.00 bits per heavy atom. The van der Waals surface area contributed by atoms with E-state index in [1.54, 1.807) is 22.7 Å². The molecule has 0 radical (unpaired) electrons. The second-order valence-electron chi connectivity index (χ2n) is 4.81. The smallest absolute Gasteiger partial charge is 0.241 e. The van der Waals surface area contributed by atoms with Gasteiger partial charge in [0.2, 0.25) is 5.91 Å². The van der Waals surface area contributed by atoms with E-state index in [1.807, 2.05) is 49.4 Å². The average Bonchev–Trinajstić information content (AvgIpc) is 2.76. The Bertz CT molecular complexity index is 691. The van der Waals surface area contributed by atoms with Gasteiger partial charge in [0.05, 0.1) is 16.0 Å². The van der Waals surface area contributed by atoms with Crippen LogP contribution < -0.4 is 4.90 Å². The van der Waals surface area contributed by atoms with Crippen LogP contribution in [0.3, 0.4) is 0 Å². The lowest BCUT2D eigenvalue weighted by atomic mass is 10.1. The fourth-order valence-electron chi connectivity index (χ4n) is 2.40. The van der Waals surface area contributed by atoms with Gasteiger partial charge in [0.1, 0.15) is 5.37 Å². The lowest BCUT2D eigenvalue weighted by Gasteiger charge is -2.25. The molecule has 0 spiro atoms. The number of para-hydroxylation sites is 1. The molecular formula is C16H13Cl2NOS. The van der Waals surface area contributed by atoms with Gasteiger partial charge >= 0.3 is 0 Å². The van der Waals surface area contributed by atoms with E-state index in [2.05, 4.69) is 0 Å². The summed E-state index contributed by atoms with van der Waals surface area (Å²) in [7, 11) is 0. The fourth-order valence-corrected chi connectivity index (χ4v) is 4.24. The zero-order valence-electron chi connectivity index (χ0n) is 11.3. The number of carbonyl (C=O) groups is 1. The Kier molecular flexibility index (Phi) is 4.16. The van der Waals surface area contributed by atoms with E-state index in [4.69, 9.17) is 23.2 Å². The number of amides is 1. The number of hydrogen-bond donors (Lipinski definition) is 0. The summed E-state index contributed by atoms with van der Waals surface area (Å²) in [5.74, 6) is 0.0537. The van der Waals surface area contributed by atoms with Crippen LogP contribution in [-0.2, 0) is 4.79 Å². The molecule has 5 heteroatoms. The predicted octanol–water partition coefficient (Wildman–Crippen LogP) is 5.16. The van der Waals surface area contributed by atoms with E-state index in [0.717, 1.165) is 11.3 Å². The molecule has 2 atom stereocenters. The van der Waals surface area contributed by atoms with Gasteiger partial charge in [-0.2, -0.15) is 0 Å². The predicted molar refractivity (Wildman–Crippen MR) is 90.2 cm³/mol. The molecule has 0 bridgehead atoms. The van der Waals surface area contributed by atoms with E-state index in [9.17, 15) is 4.79 Å². The summed E-state index contributed by atoms with van der Waals surface area (Å²) in [6.07, 6.45) is 0. The highest BCUT2D eigenvalue weighted by molar-refractivity contribution is 8.01. The first-order valence-corrected chi connectivity index (χ1v) is 8.27. The van der Waals surface area contributed by atoms with Crippen LogP contribution in [-0.4, -0.2) is 11.2 Å². The molecule has 0 aromatic heterocycles. The monoisotopic (exact) mass is 337 g/mol. The summed E-state index contributed by atoms with van der Waals surface area (Å²) in [5, 5.41) is 0.954. The van der Waals surface area contributed by atoms with E-state index in [0.29, 0.717) is 10.0 Å². The van der Waals surface area contributed by atoms with E-state index in [-0.39, 0.29) is 16.5 Å². The molecule has 0 N–H and O–H groups in total. The van der Waals surface area contributed by atoms with Crippen LogP contribution in [0.1, 0.15) is 17.9 Å². The summed E-state index contributed by atoms with van der Waals surface area (Å²) in [5.41, 5.74) is 1.66. The molecular weight excluding hydrogens is 325 g/mol. The molecule has 1 aliphatic rings. The summed E-state index contributed by atoms with van der Waals surface area (Å²) < 4.78 is 0. The van der Waals surface area contributed by atoms with Crippen molar-refractivity contribution in [1.82, 2.24) is 0 Å². The van der Waals surface area contributed by atoms with Crippen molar-refractivity contribution >= 4 is 46.6 Å². The zero-order chi connectivity index (χ0) is 15.0. The van der Waals surface area contributed by atoms with Crippen molar-refractivity contribution in [2.75, 3.05) is 4.90 Å². The average molecular weight is 338 g/mol. The Labute approximate surface area is 138 Å². The molecule has 1 saturated heterocycles. The Morgan fingerprint density at radius 3 is 2.29 bits per heavy atom. The van der Waals surface area contributed by atoms with Crippen molar-refractivity contribution < 1.29 is 4.79 Å². The van der Waals surface area contributed by atoms with Gasteiger partial charge in [-0.1, -0.05) is 53.5 Å². The van der Waals surface area contributed by atoms with Gasteiger partial charge in [-0.3, -0.25) is 9.69 Å². The van der Waals surface area contributed by atoms with E-state index < -0.39 is 0 Å². The SMILES string of the molecule is CC1SC(c2ccccc2Cl)N(c2ccccc2Cl)C1=O. The zero-order valence-corrected chi connectivity index (χ0v) is 13.6. The van der Waals surface area contributed by atoms with Gasteiger partial charge in [0.15, 0.2) is 0 Å². The number of hydrogen-bond acceptors (Lipinski definition) is 2. The third kappa shape index (κ3) is 2.66. The van der Waals surface area contributed by atoms with Crippen LogP contribution in [0.4, 0.5) is 5.69 Å². The fraction of sp³-hybridized carbons (Fsp3) is 0.188. The Morgan fingerprint density at radius 2 is 1.62 bits per heavy atom. The number of halogens is 2. The lowest BCUT2D eigenvalue weighted by Crippen LogP contribution is -2.30. The standard InChI is InChI=1S/C16H13Cl2NOS/c1-10-15(20)19(14-9-5-4-8-13(14)18)16(21-10)11-6-2-3-7-12(11)17/h2-10,16H,1H3. The van der Waals surface area contributed by atoms with Crippen LogP contribution in [0.5, 0.6) is 0 Å². The van der Waals surface area contributed by atoms with Crippen molar-refractivity contribution in [3.63, 3.8) is 0 Å². The number of rotatable bonds is 2. The van der Waals surface area contributed by atoms with Gasteiger partial charge in [-0.15, -0.1) is 11.8 Å². The van der Waals surface area contributed by atoms with E-state index in [1.165, 1.54) is 0 Å². The second-order valence-corrected chi connectivity index (χ2v) is 7.05. The molecule has 1 fully saturated rings. The maximum atomic E-state index is 12.6. The van der Waals surface area contributed by atoms with Crippen molar-refractivity contribution in [3.05, 3.63) is 64.1 Å². The van der Waals surface area contributed by atoms with Gasteiger partial charge in [-0.05, 0) is 25.1 Å². The molecule has 2 aromatic rings. The third-order valence-electron chi connectivity index (χ3n) is 3.44. The number of anilines is 1. The van der Waals surface area contributed by atoms with Crippen LogP contribution in [0.2, 0.25) is 10.0 Å². The highest BCUT2D eigenvalue weighted by atomic mass is 35.5. The maximum Gasteiger partial charge on any atom is 0.241 e. The number of thioether (sulfide) groups is 1. The third-order valence-corrected chi connectivity index (χ3v) is 5.43. The highest BCUT2D eigenvalue weighted by Gasteiger charge is 2.40. The first kappa shape index (κ1) is 14.8. The largest absolute Gasteiger partial charge is 0.293 e. The van der Waals surface area contributed by atoms with Gasteiger partial charge in [0, 0.05) is 10.6 Å². The van der Waals surface area contributed by atoms with Crippen LogP contribution in [0, 0.1) is 0 Å². The minimum atomic E-state index is -0.152. The molecule has 0 aliphatic carbocycles. The molecule has 1 amide bonds. The normalized spacial score (nSPS) is 21.9. The Hall–Kier alpha value is -1.16. The van der Waals surface area contributed by atoms with Gasteiger partial charge in [0.25, 0.3) is 0 Å². The van der Waals surface area contributed by atoms with Crippen LogP contribution in [0.15, 0.2) is 48.5 Å². The summed E-state index contributed by atoms with van der Waals surface area (Å²) >= 11 is 14.2. The molecule has 0 saturated carbocycles. The van der Waals surface area contributed by atoms with Crippen molar-refractivity contribution in [1.29, 1.82) is 0 Å². The minimum Gasteiger partial charge on any atom is -0.293 e. The molecule has 21 heavy (non-hydrogen) atoms. The number of nitrogens with zero attached hydrogens (tertiary/aromatic N) is 1. The van der Waals surface area contributed by atoms with E-state index >= 15 is 0 Å². The molecule has 108 valence electrons. The molecule has 2 nitrogen and oxygen atoms in total. The summed E-state index contributed by atoms with van der Waals surface area (Å²) in [4.78, 5) is 14.3. The van der Waals surface area contributed by atoms with Crippen molar-refractivity contribution in [2.24, 2.45) is 0 Å². The molecule has 2 unspecified atom stereocenters. The van der Waals surface area contributed by atoms with Crippen LogP contribution in [0.25, 0.3) is 0 Å². The number of benzene rings is 2. The van der Waals surface area contributed by atoms with Crippen molar-refractivity contribution in [2.45, 2.75) is 17.5 Å². The van der Waals surface area contributed by atoms with Gasteiger partial charge < -0.3 is 0 Å². The topological polar surface area (TPSA) is 20.3 Å².